The molecule has 0 amide bonds. The van der Waals surface area contributed by atoms with E-state index < -0.39 is 0 Å². The van der Waals surface area contributed by atoms with Crippen LogP contribution in [0.5, 0.6) is 0 Å². The number of fused-ring (bicyclic) bond motifs is 1. The van der Waals surface area contributed by atoms with Gasteiger partial charge in [-0.05, 0) is 69.0 Å². The minimum atomic E-state index is 0.744. The van der Waals surface area contributed by atoms with Crippen molar-refractivity contribution >= 4 is 42.9 Å². The standard InChI is InChI=1S/C10H8Br2N2/c1-5-3-7-8(4-6(5)2)14-10(12)9(11)13-7/h3-4H,1-2H3. The third-order valence-corrected chi connectivity index (χ3v) is 3.84. The predicted octanol–water partition coefficient (Wildman–Crippen LogP) is 3.77. The SMILES string of the molecule is Cc1cc2nc(Br)c(Br)nc2cc1C. The van der Waals surface area contributed by atoms with Crippen LogP contribution in [0.25, 0.3) is 11.0 Å². The second kappa shape index (κ2) is 3.59. The molecule has 0 saturated heterocycles. The zero-order valence-corrected chi connectivity index (χ0v) is 11.0. The average Bonchev–Trinajstić information content (AvgIpc) is 2.11. The number of hydrogen-bond donors (Lipinski definition) is 0. The molecule has 0 radical (unpaired) electrons. The van der Waals surface area contributed by atoms with Gasteiger partial charge in [-0.1, -0.05) is 0 Å². The summed E-state index contributed by atoms with van der Waals surface area (Å²) in [5, 5.41) is 0. The molecule has 0 spiro atoms. The van der Waals surface area contributed by atoms with Gasteiger partial charge in [-0.3, -0.25) is 0 Å². The van der Waals surface area contributed by atoms with Gasteiger partial charge < -0.3 is 0 Å². The maximum absolute atomic E-state index is 4.38. The van der Waals surface area contributed by atoms with Crippen LogP contribution in [-0.4, -0.2) is 9.97 Å². The zero-order chi connectivity index (χ0) is 10.3. The number of rotatable bonds is 0. The number of nitrogens with zero attached hydrogens (tertiary/aromatic N) is 2. The first-order valence-electron chi connectivity index (χ1n) is 4.18. The van der Waals surface area contributed by atoms with E-state index in [4.69, 9.17) is 0 Å². The summed E-state index contributed by atoms with van der Waals surface area (Å²) < 4.78 is 1.49. The van der Waals surface area contributed by atoms with E-state index in [9.17, 15) is 0 Å². The van der Waals surface area contributed by atoms with Crippen molar-refractivity contribution in [3.05, 3.63) is 32.5 Å². The number of halogens is 2. The van der Waals surface area contributed by atoms with Crippen LogP contribution >= 0.6 is 31.9 Å². The molecule has 0 saturated carbocycles. The molecule has 2 nitrogen and oxygen atoms in total. The van der Waals surface area contributed by atoms with Gasteiger partial charge in [0.1, 0.15) is 9.21 Å². The molecule has 0 aliphatic rings. The Morgan fingerprint density at radius 2 is 1.21 bits per heavy atom. The van der Waals surface area contributed by atoms with E-state index in [1.165, 1.54) is 11.1 Å². The van der Waals surface area contributed by atoms with E-state index >= 15 is 0 Å². The summed E-state index contributed by atoms with van der Waals surface area (Å²) in [5.41, 5.74) is 4.31. The molecule has 14 heavy (non-hydrogen) atoms. The van der Waals surface area contributed by atoms with E-state index in [2.05, 4.69) is 67.8 Å². The molecule has 2 rings (SSSR count). The van der Waals surface area contributed by atoms with Gasteiger partial charge in [0.25, 0.3) is 0 Å². The Labute approximate surface area is 99.0 Å². The minimum Gasteiger partial charge on any atom is -0.236 e. The highest BCUT2D eigenvalue weighted by Crippen LogP contribution is 2.23. The molecular weight excluding hydrogens is 308 g/mol. The predicted molar refractivity (Wildman–Crippen MR) is 64.4 cm³/mol. The van der Waals surface area contributed by atoms with Crippen molar-refractivity contribution < 1.29 is 0 Å². The summed E-state index contributed by atoms with van der Waals surface area (Å²) in [6.45, 7) is 4.15. The lowest BCUT2D eigenvalue weighted by atomic mass is 10.1. The molecule has 2 aromatic rings. The summed E-state index contributed by atoms with van der Waals surface area (Å²) in [6.07, 6.45) is 0. The van der Waals surface area contributed by atoms with Gasteiger partial charge in [0.05, 0.1) is 11.0 Å². The number of hydrogen-bond acceptors (Lipinski definition) is 2. The van der Waals surface area contributed by atoms with E-state index in [0.29, 0.717) is 0 Å². The first-order chi connectivity index (χ1) is 6.58. The summed E-state index contributed by atoms with van der Waals surface area (Å²) in [7, 11) is 0. The van der Waals surface area contributed by atoms with E-state index in [1.807, 2.05) is 0 Å². The third kappa shape index (κ3) is 1.68. The van der Waals surface area contributed by atoms with Gasteiger partial charge in [0.15, 0.2) is 0 Å². The third-order valence-electron chi connectivity index (χ3n) is 2.20. The van der Waals surface area contributed by atoms with Gasteiger partial charge in [-0.15, -0.1) is 0 Å². The van der Waals surface area contributed by atoms with Crippen LogP contribution in [0.3, 0.4) is 0 Å². The lowest BCUT2D eigenvalue weighted by Gasteiger charge is -2.03. The van der Waals surface area contributed by atoms with Crippen molar-refractivity contribution in [2.24, 2.45) is 0 Å². The Bertz CT molecular complexity index is 420. The highest BCUT2D eigenvalue weighted by atomic mass is 79.9. The number of aryl methyl sites for hydroxylation is 2. The summed E-state index contributed by atoms with van der Waals surface area (Å²) in [6, 6.07) is 4.10. The van der Waals surface area contributed by atoms with Crippen molar-refractivity contribution in [1.29, 1.82) is 0 Å². The van der Waals surface area contributed by atoms with Crippen LogP contribution in [0.4, 0.5) is 0 Å². The molecule has 1 heterocycles. The minimum absolute atomic E-state index is 0.744. The second-order valence-electron chi connectivity index (χ2n) is 3.23. The smallest absolute Gasteiger partial charge is 0.139 e. The molecule has 0 bridgehead atoms. The molecule has 4 heteroatoms. The average molecular weight is 316 g/mol. The van der Waals surface area contributed by atoms with E-state index in [0.717, 1.165) is 20.2 Å². The van der Waals surface area contributed by atoms with Crippen molar-refractivity contribution in [3.8, 4) is 0 Å². The quantitative estimate of drug-likeness (QED) is 0.739. The van der Waals surface area contributed by atoms with Crippen molar-refractivity contribution in [3.63, 3.8) is 0 Å². The topological polar surface area (TPSA) is 25.8 Å². The van der Waals surface area contributed by atoms with Crippen LogP contribution in [0.15, 0.2) is 21.3 Å². The summed E-state index contributed by atoms with van der Waals surface area (Å²) >= 11 is 6.68. The Balaban J connectivity index is 2.83. The second-order valence-corrected chi connectivity index (χ2v) is 4.73. The Hall–Kier alpha value is -0.480. The highest BCUT2D eigenvalue weighted by Gasteiger charge is 2.04. The monoisotopic (exact) mass is 314 g/mol. The lowest BCUT2D eigenvalue weighted by molar-refractivity contribution is 1.19. The fraction of sp³-hybridized carbons (Fsp3) is 0.200. The van der Waals surface area contributed by atoms with E-state index in [1.54, 1.807) is 0 Å². The fourth-order valence-electron chi connectivity index (χ4n) is 1.27. The maximum Gasteiger partial charge on any atom is 0.139 e. The van der Waals surface area contributed by atoms with Gasteiger partial charge in [-0.25, -0.2) is 9.97 Å². The molecule has 0 fully saturated rings. The van der Waals surface area contributed by atoms with Crippen molar-refractivity contribution in [2.75, 3.05) is 0 Å². The van der Waals surface area contributed by atoms with E-state index in [-0.39, 0.29) is 0 Å². The van der Waals surface area contributed by atoms with Crippen molar-refractivity contribution in [2.45, 2.75) is 13.8 Å². The van der Waals surface area contributed by atoms with Crippen LogP contribution in [0, 0.1) is 13.8 Å². The molecule has 0 N–H and O–H groups in total. The molecule has 1 aromatic heterocycles. The molecular formula is C10H8Br2N2. The number of benzene rings is 1. The highest BCUT2D eigenvalue weighted by molar-refractivity contribution is 9.13. The molecule has 1 aromatic carbocycles. The van der Waals surface area contributed by atoms with Crippen molar-refractivity contribution in [1.82, 2.24) is 9.97 Å². The van der Waals surface area contributed by atoms with Crippen LogP contribution in [-0.2, 0) is 0 Å². The normalized spacial score (nSPS) is 10.9. The van der Waals surface area contributed by atoms with Gasteiger partial charge in [0, 0.05) is 0 Å². The summed E-state index contributed by atoms with van der Waals surface area (Å²) in [4.78, 5) is 8.77. The lowest BCUT2D eigenvalue weighted by Crippen LogP contribution is -1.90. The summed E-state index contributed by atoms with van der Waals surface area (Å²) in [5.74, 6) is 0. The van der Waals surface area contributed by atoms with Crippen LogP contribution in [0.1, 0.15) is 11.1 Å². The van der Waals surface area contributed by atoms with Gasteiger partial charge >= 0.3 is 0 Å². The largest absolute Gasteiger partial charge is 0.236 e. The Kier molecular flexibility index (Phi) is 2.58. The van der Waals surface area contributed by atoms with Gasteiger partial charge in [0.2, 0.25) is 0 Å². The maximum atomic E-state index is 4.38. The Morgan fingerprint density at radius 3 is 1.57 bits per heavy atom. The first-order valence-corrected chi connectivity index (χ1v) is 5.76. The fourth-order valence-corrected chi connectivity index (χ4v) is 1.83. The molecule has 0 atom stereocenters. The first kappa shape index (κ1) is 10.1. The molecule has 0 aliphatic carbocycles. The molecule has 0 unspecified atom stereocenters. The number of aromatic nitrogens is 2. The zero-order valence-electron chi connectivity index (χ0n) is 7.81. The van der Waals surface area contributed by atoms with Crippen LogP contribution in [0.2, 0.25) is 0 Å². The molecule has 0 aliphatic heterocycles. The van der Waals surface area contributed by atoms with Gasteiger partial charge in [-0.2, -0.15) is 0 Å². The van der Waals surface area contributed by atoms with Crippen LogP contribution < -0.4 is 0 Å². The Morgan fingerprint density at radius 1 is 0.857 bits per heavy atom. The molecule has 72 valence electrons.